The van der Waals surface area contributed by atoms with E-state index in [1.807, 2.05) is 6.26 Å². The summed E-state index contributed by atoms with van der Waals surface area (Å²) in [4.78, 5) is 0. The molecule has 0 aromatic rings. The van der Waals surface area contributed by atoms with Crippen LogP contribution in [-0.2, 0) is 14.2 Å². The fourth-order valence-electron chi connectivity index (χ4n) is 2.00. The van der Waals surface area contributed by atoms with Crippen molar-refractivity contribution in [2.45, 2.75) is 50.7 Å². The van der Waals surface area contributed by atoms with Crippen molar-refractivity contribution >= 4 is 11.8 Å². The third-order valence-electron chi connectivity index (χ3n) is 2.67. The highest BCUT2D eigenvalue weighted by molar-refractivity contribution is 7.98. The van der Waals surface area contributed by atoms with E-state index in [2.05, 4.69) is 0 Å². The van der Waals surface area contributed by atoms with E-state index >= 15 is 0 Å². The molecule has 0 amide bonds. The minimum Gasteiger partial charge on any atom is -0.343 e. The first-order valence-corrected chi connectivity index (χ1v) is 6.57. The lowest BCUT2D eigenvalue weighted by Gasteiger charge is -2.21. The van der Waals surface area contributed by atoms with E-state index < -0.39 is 24.4 Å². The van der Waals surface area contributed by atoms with Gasteiger partial charge in [0.2, 0.25) is 0 Å². The van der Waals surface area contributed by atoms with Crippen molar-refractivity contribution in [2.24, 2.45) is 0 Å². The monoisotopic (exact) mass is 236 g/mol. The van der Waals surface area contributed by atoms with Gasteiger partial charge in [0.1, 0.15) is 6.10 Å². The third kappa shape index (κ3) is 2.30. The third-order valence-corrected chi connectivity index (χ3v) is 3.32. The van der Waals surface area contributed by atoms with Crippen LogP contribution in [0.15, 0.2) is 0 Å². The summed E-state index contributed by atoms with van der Waals surface area (Å²) in [6.07, 6.45) is 0.197. The van der Waals surface area contributed by atoms with Crippen LogP contribution in [0, 0.1) is 0 Å². The molecular weight excluding hydrogens is 219 g/mol. The molecule has 3 nitrogen and oxygen atoms in total. The van der Waals surface area contributed by atoms with Gasteiger partial charge in [-0.25, -0.2) is 4.39 Å². The van der Waals surface area contributed by atoms with Gasteiger partial charge in [-0.1, -0.05) is 0 Å². The van der Waals surface area contributed by atoms with E-state index in [-0.39, 0.29) is 6.10 Å². The molecule has 4 atom stereocenters. The van der Waals surface area contributed by atoms with Crippen LogP contribution in [0.25, 0.3) is 0 Å². The van der Waals surface area contributed by atoms with Gasteiger partial charge < -0.3 is 14.2 Å². The van der Waals surface area contributed by atoms with E-state index in [0.717, 1.165) is 5.75 Å². The first-order chi connectivity index (χ1) is 7.03. The van der Waals surface area contributed by atoms with Crippen LogP contribution in [0.4, 0.5) is 4.39 Å². The Morgan fingerprint density at radius 2 is 2.07 bits per heavy atom. The molecule has 0 saturated carbocycles. The Morgan fingerprint density at radius 1 is 1.33 bits per heavy atom. The van der Waals surface area contributed by atoms with Gasteiger partial charge in [-0.15, -0.1) is 0 Å². The molecule has 15 heavy (non-hydrogen) atoms. The molecule has 0 aromatic carbocycles. The van der Waals surface area contributed by atoms with Crippen LogP contribution in [0.3, 0.4) is 0 Å². The minimum atomic E-state index is -1.07. The minimum absolute atomic E-state index is 0.372. The first kappa shape index (κ1) is 11.6. The molecule has 0 aliphatic carbocycles. The number of hydrogen-bond donors (Lipinski definition) is 0. The predicted molar refractivity (Wildman–Crippen MR) is 56.6 cm³/mol. The van der Waals surface area contributed by atoms with Gasteiger partial charge >= 0.3 is 0 Å². The number of thioether (sulfide) groups is 1. The summed E-state index contributed by atoms with van der Waals surface area (Å²) in [6.45, 7) is 3.55. The highest BCUT2D eigenvalue weighted by Gasteiger charge is 2.54. The van der Waals surface area contributed by atoms with Gasteiger partial charge in [0, 0.05) is 0 Å². The molecule has 0 radical (unpaired) electrons. The molecule has 2 aliphatic rings. The zero-order valence-electron chi connectivity index (χ0n) is 9.23. The van der Waals surface area contributed by atoms with Crippen LogP contribution in [0.1, 0.15) is 20.3 Å². The van der Waals surface area contributed by atoms with E-state index in [1.54, 1.807) is 25.6 Å². The molecule has 1 unspecified atom stereocenters. The second-order valence-electron chi connectivity index (χ2n) is 4.37. The van der Waals surface area contributed by atoms with Crippen LogP contribution in [-0.4, -0.2) is 42.5 Å². The normalized spacial score (nSPS) is 43.2. The Hall–Kier alpha value is 0.160. The zero-order valence-corrected chi connectivity index (χ0v) is 10.1. The van der Waals surface area contributed by atoms with Crippen molar-refractivity contribution in [3.8, 4) is 0 Å². The molecule has 0 spiro atoms. The van der Waals surface area contributed by atoms with Crippen LogP contribution < -0.4 is 0 Å². The Labute approximate surface area is 93.6 Å². The maximum atomic E-state index is 13.9. The SMILES string of the molecule is CSCC[C@H]1O[C@@H]2OC(C)(C)O[C@@H]2C1F. The average Bonchev–Trinajstić information content (AvgIpc) is 2.58. The molecule has 0 N–H and O–H groups in total. The van der Waals surface area contributed by atoms with Gasteiger partial charge in [-0.3, -0.25) is 0 Å². The lowest BCUT2D eigenvalue weighted by molar-refractivity contribution is -0.210. The second kappa shape index (κ2) is 4.20. The molecule has 2 aliphatic heterocycles. The van der Waals surface area contributed by atoms with Crippen molar-refractivity contribution in [3.63, 3.8) is 0 Å². The summed E-state index contributed by atoms with van der Waals surface area (Å²) in [5.41, 5.74) is 0. The average molecular weight is 236 g/mol. The van der Waals surface area contributed by atoms with Crippen LogP contribution in [0.5, 0.6) is 0 Å². The largest absolute Gasteiger partial charge is 0.343 e. The highest BCUT2D eigenvalue weighted by Crippen LogP contribution is 2.39. The molecule has 0 bridgehead atoms. The van der Waals surface area contributed by atoms with Crippen molar-refractivity contribution in [1.29, 1.82) is 0 Å². The number of ether oxygens (including phenoxy) is 3. The molecule has 2 fully saturated rings. The summed E-state index contributed by atoms with van der Waals surface area (Å²) in [7, 11) is 0. The predicted octanol–water partition coefficient (Wildman–Crippen LogP) is 1.95. The van der Waals surface area contributed by atoms with Gasteiger partial charge in [-0.2, -0.15) is 11.8 Å². The number of hydrogen-bond acceptors (Lipinski definition) is 4. The summed E-state index contributed by atoms with van der Waals surface area (Å²) < 4.78 is 30.3. The molecular formula is C10H17FO3S. The van der Waals surface area contributed by atoms with E-state index in [0.29, 0.717) is 6.42 Å². The number of halogens is 1. The van der Waals surface area contributed by atoms with Crippen LogP contribution in [0.2, 0.25) is 0 Å². The maximum absolute atomic E-state index is 13.9. The number of alkyl halides is 1. The Kier molecular flexibility index (Phi) is 3.26. The Balaban J connectivity index is 1.93. The lowest BCUT2D eigenvalue weighted by Crippen LogP contribution is -2.31. The highest BCUT2D eigenvalue weighted by atomic mass is 32.2. The molecule has 2 saturated heterocycles. The fraction of sp³-hybridized carbons (Fsp3) is 1.00. The lowest BCUT2D eigenvalue weighted by atomic mass is 10.1. The van der Waals surface area contributed by atoms with Gasteiger partial charge in [-0.05, 0) is 32.3 Å². The van der Waals surface area contributed by atoms with Gasteiger partial charge in [0.15, 0.2) is 18.2 Å². The summed E-state index contributed by atoms with van der Waals surface area (Å²) in [5, 5.41) is 0. The summed E-state index contributed by atoms with van der Waals surface area (Å²) in [6, 6.07) is 0. The molecule has 5 heteroatoms. The number of fused-ring (bicyclic) bond motifs is 1. The zero-order chi connectivity index (χ0) is 11.1. The van der Waals surface area contributed by atoms with Crippen molar-refractivity contribution in [2.75, 3.05) is 12.0 Å². The van der Waals surface area contributed by atoms with Crippen LogP contribution >= 0.6 is 11.8 Å². The topological polar surface area (TPSA) is 27.7 Å². The maximum Gasteiger partial charge on any atom is 0.190 e. The summed E-state index contributed by atoms with van der Waals surface area (Å²) in [5.74, 6) is 0.179. The van der Waals surface area contributed by atoms with Crippen molar-refractivity contribution in [1.82, 2.24) is 0 Å². The molecule has 88 valence electrons. The van der Waals surface area contributed by atoms with Crippen molar-refractivity contribution in [3.05, 3.63) is 0 Å². The molecule has 2 rings (SSSR count). The van der Waals surface area contributed by atoms with E-state index in [9.17, 15) is 4.39 Å². The summed E-state index contributed by atoms with van der Waals surface area (Å²) >= 11 is 1.69. The van der Waals surface area contributed by atoms with Crippen molar-refractivity contribution < 1.29 is 18.6 Å². The van der Waals surface area contributed by atoms with Gasteiger partial charge in [0.25, 0.3) is 0 Å². The van der Waals surface area contributed by atoms with E-state index in [1.165, 1.54) is 0 Å². The Bertz CT molecular complexity index is 237. The standard InChI is InChI=1S/C10H17FO3S/c1-10(2)13-8-7(11)6(4-5-15-3)12-9(8)14-10/h6-9H,4-5H2,1-3H3/t6-,7?,8-,9-/m1/s1. The molecule has 2 heterocycles. The Morgan fingerprint density at radius 3 is 2.67 bits per heavy atom. The fourth-order valence-corrected chi connectivity index (χ4v) is 2.47. The molecule has 0 aromatic heterocycles. The quantitative estimate of drug-likeness (QED) is 0.748. The smallest absolute Gasteiger partial charge is 0.190 e. The van der Waals surface area contributed by atoms with E-state index in [4.69, 9.17) is 14.2 Å². The number of rotatable bonds is 3. The first-order valence-electron chi connectivity index (χ1n) is 5.17. The second-order valence-corrected chi connectivity index (χ2v) is 5.35. The van der Waals surface area contributed by atoms with Gasteiger partial charge in [0.05, 0.1) is 6.10 Å².